The van der Waals surface area contributed by atoms with E-state index in [1.807, 2.05) is 32.9 Å². The first kappa shape index (κ1) is 18.2. The largest absolute Gasteiger partial charge is 0.444 e. The van der Waals surface area contributed by atoms with Gasteiger partial charge < -0.3 is 9.64 Å². The summed E-state index contributed by atoms with van der Waals surface area (Å²) in [7, 11) is 1.76. The second kappa shape index (κ2) is 7.64. The Morgan fingerprint density at radius 1 is 1.38 bits per heavy atom. The first-order chi connectivity index (χ1) is 11.3. The number of ether oxygens (including phenoxy) is 1. The van der Waals surface area contributed by atoms with E-state index in [0.717, 1.165) is 18.4 Å². The van der Waals surface area contributed by atoms with Crippen LogP contribution in [0, 0.1) is 0 Å². The highest BCUT2D eigenvalue weighted by atomic mass is 16.6. The molecule has 0 bridgehead atoms. The lowest BCUT2D eigenvalue weighted by Gasteiger charge is -2.37. The SMILES string of the molecule is CN(Cc1cccnc1)C(=O)C1CCCCN1C(=O)OC(C)(C)C. The lowest BCUT2D eigenvalue weighted by Crippen LogP contribution is -2.53. The smallest absolute Gasteiger partial charge is 0.410 e. The molecule has 0 saturated carbocycles. The van der Waals surface area contributed by atoms with Gasteiger partial charge in [0.15, 0.2) is 0 Å². The van der Waals surface area contributed by atoms with Gasteiger partial charge in [0.1, 0.15) is 11.6 Å². The predicted molar refractivity (Wildman–Crippen MR) is 91.3 cm³/mol. The Morgan fingerprint density at radius 3 is 2.75 bits per heavy atom. The average Bonchev–Trinajstić information content (AvgIpc) is 2.53. The van der Waals surface area contributed by atoms with Gasteiger partial charge in [0.25, 0.3) is 0 Å². The molecule has 1 aromatic heterocycles. The lowest BCUT2D eigenvalue weighted by atomic mass is 10.0. The molecule has 1 aliphatic rings. The number of amides is 2. The van der Waals surface area contributed by atoms with E-state index in [2.05, 4.69) is 4.98 Å². The molecule has 0 radical (unpaired) electrons. The van der Waals surface area contributed by atoms with Gasteiger partial charge in [-0.1, -0.05) is 6.07 Å². The topological polar surface area (TPSA) is 62.7 Å². The van der Waals surface area contributed by atoms with Crippen LogP contribution >= 0.6 is 0 Å². The number of nitrogens with zero attached hydrogens (tertiary/aromatic N) is 3. The van der Waals surface area contributed by atoms with Gasteiger partial charge in [0.2, 0.25) is 5.91 Å². The molecule has 0 aliphatic carbocycles. The van der Waals surface area contributed by atoms with Crippen molar-refractivity contribution >= 4 is 12.0 Å². The number of likely N-dealkylation sites (N-methyl/N-ethyl adjacent to an activating group) is 1. The molecular formula is C18H27N3O3. The third-order valence-electron chi connectivity index (χ3n) is 3.93. The van der Waals surface area contributed by atoms with Crippen LogP contribution in [-0.2, 0) is 16.1 Å². The van der Waals surface area contributed by atoms with Crippen molar-refractivity contribution in [3.63, 3.8) is 0 Å². The molecular weight excluding hydrogens is 306 g/mol. The zero-order valence-corrected chi connectivity index (χ0v) is 15.0. The van der Waals surface area contributed by atoms with Crippen LogP contribution in [0.4, 0.5) is 4.79 Å². The fourth-order valence-electron chi connectivity index (χ4n) is 2.83. The zero-order chi connectivity index (χ0) is 17.7. The highest BCUT2D eigenvalue weighted by Crippen LogP contribution is 2.22. The summed E-state index contributed by atoms with van der Waals surface area (Å²) < 4.78 is 5.46. The van der Waals surface area contributed by atoms with Gasteiger partial charge in [-0.25, -0.2) is 4.79 Å². The van der Waals surface area contributed by atoms with Crippen molar-refractivity contribution < 1.29 is 14.3 Å². The van der Waals surface area contributed by atoms with Gasteiger partial charge in [-0.05, 0) is 51.7 Å². The predicted octanol–water partition coefficient (Wildman–Crippen LogP) is 2.83. The normalized spacial score (nSPS) is 18.2. The van der Waals surface area contributed by atoms with E-state index in [0.29, 0.717) is 19.5 Å². The fourth-order valence-corrected chi connectivity index (χ4v) is 2.83. The van der Waals surface area contributed by atoms with Crippen LogP contribution in [0.15, 0.2) is 24.5 Å². The number of likely N-dealkylation sites (tertiary alicyclic amines) is 1. The third kappa shape index (κ3) is 4.94. The summed E-state index contributed by atoms with van der Waals surface area (Å²) in [6.07, 6.45) is 5.56. The lowest BCUT2D eigenvalue weighted by molar-refractivity contribution is -0.137. The highest BCUT2D eigenvalue weighted by molar-refractivity contribution is 5.85. The van der Waals surface area contributed by atoms with E-state index in [-0.39, 0.29) is 5.91 Å². The molecule has 2 amide bonds. The second-order valence-corrected chi connectivity index (χ2v) is 7.24. The monoisotopic (exact) mass is 333 g/mol. The van der Waals surface area contributed by atoms with E-state index < -0.39 is 17.7 Å². The molecule has 1 saturated heterocycles. The molecule has 0 N–H and O–H groups in total. The molecule has 2 rings (SSSR count). The molecule has 1 aliphatic heterocycles. The summed E-state index contributed by atoms with van der Waals surface area (Å²) in [5.74, 6) is -0.0515. The summed E-state index contributed by atoms with van der Waals surface area (Å²) in [6.45, 7) is 6.54. The Bertz CT molecular complexity index is 569. The Labute approximate surface area is 143 Å². The maximum Gasteiger partial charge on any atom is 0.410 e. The van der Waals surface area contributed by atoms with Crippen LogP contribution in [0.3, 0.4) is 0 Å². The highest BCUT2D eigenvalue weighted by Gasteiger charge is 2.36. The van der Waals surface area contributed by atoms with Gasteiger partial charge in [-0.15, -0.1) is 0 Å². The third-order valence-corrected chi connectivity index (χ3v) is 3.93. The minimum absolute atomic E-state index is 0.0515. The maximum absolute atomic E-state index is 12.8. The van der Waals surface area contributed by atoms with E-state index in [4.69, 9.17) is 4.74 Å². The number of carbonyl (C=O) groups is 2. The van der Waals surface area contributed by atoms with Gasteiger partial charge in [0.05, 0.1) is 0 Å². The Balaban J connectivity index is 2.05. The van der Waals surface area contributed by atoms with Crippen LogP contribution in [0.5, 0.6) is 0 Å². The van der Waals surface area contributed by atoms with Gasteiger partial charge in [0, 0.05) is 32.5 Å². The summed E-state index contributed by atoms with van der Waals surface area (Å²) in [4.78, 5) is 32.6. The Hall–Kier alpha value is -2.11. The number of rotatable bonds is 3. The molecule has 0 aromatic carbocycles. The van der Waals surface area contributed by atoms with Crippen molar-refractivity contribution in [1.29, 1.82) is 0 Å². The molecule has 1 unspecified atom stereocenters. The number of pyridine rings is 1. The number of hydrogen-bond acceptors (Lipinski definition) is 4. The number of piperidine rings is 1. The standard InChI is InChI=1S/C18H27N3O3/c1-18(2,3)24-17(23)21-11-6-5-9-15(21)16(22)20(4)13-14-8-7-10-19-12-14/h7-8,10,12,15H,5-6,9,11,13H2,1-4H3. The summed E-state index contributed by atoms with van der Waals surface area (Å²) >= 11 is 0. The van der Waals surface area contributed by atoms with Crippen molar-refractivity contribution in [2.24, 2.45) is 0 Å². The number of aromatic nitrogens is 1. The Morgan fingerprint density at radius 2 is 2.12 bits per heavy atom. The molecule has 1 aromatic rings. The molecule has 132 valence electrons. The van der Waals surface area contributed by atoms with E-state index >= 15 is 0 Å². The van der Waals surface area contributed by atoms with Crippen molar-refractivity contribution in [3.8, 4) is 0 Å². The van der Waals surface area contributed by atoms with E-state index in [9.17, 15) is 9.59 Å². The maximum atomic E-state index is 12.8. The first-order valence-electron chi connectivity index (χ1n) is 8.41. The summed E-state index contributed by atoms with van der Waals surface area (Å²) in [6, 6.07) is 3.33. The van der Waals surface area contributed by atoms with Crippen molar-refractivity contribution in [2.75, 3.05) is 13.6 Å². The minimum Gasteiger partial charge on any atom is -0.444 e. The molecule has 1 atom stereocenters. The molecule has 0 spiro atoms. The zero-order valence-electron chi connectivity index (χ0n) is 15.0. The summed E-state index contributed by atoms with van der Waals surface area (Å²) in [5, 5.41) is 0. The van der Waals surface area contributed by atoms with Crippen LogP contribution in [0.1, 0.15) is 45.6 Å². The van der Waals surface area contributed by atoms with Crippen molar-refractivity contribution in [1.82, 2.24) is 14.8 Å². The molecule has 2 heterocycles. The van der Waals surface area contributed by atoms with Gasteiger partial charge >= 0.3 is 6.09 Å². The van der Waals surface area contributed by atoms with Gasteiger partial charge in [-0.3, -0.25) is 14.7 Å². The van der Waals surface area contributed by atoms with Crippen LogP contribution < -0.4 is 0 Å². The van der Waals surface area contributed by atoms with Gasteiger partial charge in [-0.2, -0.15) is 0 Å². The molecule has 24 heavy (non-hydrogen) atoms. The second-order valence-electron chi connectivity index (χ2n) is 7.24. The molecule has 1 fully saturated rings. The van der Waals surface area contributed by atoms with Crippen LogP contribution in [0.2, 0.25) is 0 Å². The van der Waals surface area contributed by atoms with Crippen LogP contribution in [0.25, 0.3) is 0 Å². The first-order valence-corrected chi connectivity index (χ1v) is 8.41. The molecule has 6 nitrogen and oxygen atoms in total. The minimum atomic E-state index is -0.566. The number of hydrogen-bond donors (Lipinski definition) is 0. The van der Waals surface area contributed by atoms with Crippen LogP contribution in [-0.4, -0.2) is 52.0 Å². The fraction of sp³-hybridized carbons (Fsp3) is 0.611. The Kier molecular flexibility index (Phi) is 5.80. The average molecular weight is 333 g/mol. The van der Waals surface area contributed by atoms with E-state index in [1.54, 1.807) is 29.2 Å². The van der Waals surface area contributed by atoms with E-state index in [1.165, 1.54) is 0 Å². The quantitative estimate of drug-likeness (QED) is 0.853. The van der Waals surface area contributed by atoms with Crippen molar-refractivity contribution in [3.05, 3.63) is 30.1 Å². The molecule has 6 heteroatoms. The van der Waals surface area contributed by atoms with Crippen molar-refractivity contribution in [2.45, 2.75) is 58.2 Å². The summed E-state index contributed by atoms with van der Waals surface area (Å²) in [5.41, 5.74) is 0.400. The number of carbonyl (C=O) groups excluding carboxylic acids is 2.